The number of aromatic nitrogens is 3. The fourth-order valence-corrected chi connectivity index (χ4v) is 2.30. The maximum atomic E-state index is 6.22. The molecule has 19 heavy (non-hydrogen) atoms. The molecule has 4 nitrogen and oxygen atoms in total. The predicted octanol–water partition coefficient (Wildman–Crippen LogP) is 2.57. The fraction of sp³-hybridized carbons (Fsp3) is 0.467. The molecule has 0 bridgehead atoms. The highest BCUT2D eigenvalue weighted by Gasteiger charge is 2.18. The van der Waals surface area contributed by atoms with Gasteiger partial charge in [-0.05, 0) is 24.0 Å². The van der Waals surface area contributed by atoms with E-state index in [-0.39, 0.29) is 11.5 Å². The lowest BCUT2D eigenvalue weighted by molar-refractivity contribution is 0.336. The number of nitrogens with two attached hydrogens (primary N) is 1. The molecule has 0 saturated heterocycles. The Labute approximate surface area is 114 Å². The molecule has 2 N–H and O–H groups in total. The van der Waals surface area contributed by atoms with Gasteiger partial charge in [-0.25, -0.2) is 0 Å². The van der Waals surface area contributed by atoms with E-state index in [2.05, 4.69) is 31.0 Å². The molecule has 2 aromatic rings. The highest BCUT2D eigenvalue weighted by Crippen LogP contribution is 2.21. The van der Waals surface area contributed by atoms with E-state index in [9.17, 15) is 0 Å². The quantitative estimate of drug-likeness (QED) is 0.917. The summed E-state index contributed by atoms with van der Waals surface area (Å²) in [5, 5.41) is 8.20. The lowest BCUT2D eigenvalue weighted by Gasteiger charge is -2.22. The van der Waals surface area contributed by atoms with Gasteiger partial charge in [0, 0.05) is 18.2 Å². The van der Waals surface area contributed by atoms with Gasteiger partial charge in [-0.2, -0.15) is 0 Å². The number of hydrogen-bond donors (Lipinski definition) is 1. The van der Waals surface area contributed by atoms with Crippen molar-refractivity contribution < 1.29 is 0 Å². The third-order valence-corrected chi connectivity index (χ3v) is 2.97. The van der Waals surface area contributed by atoms with E-state index in [4.69, 9.17) is 5.73 Å². The van der Waals surface area contributed by atoms with Crippen LogP contribution in [0.25, 0.3) is 5.69 Å². The molecule has 0 spiro atoms. The summed E-state index contributed by atoms with van der Waals surface area (Å²) in [4.78, 5) is 0. The first-order valence-corrected chi connectivity index (χ1v) is 6.65. The smallest absolute Gasteiger partial charge is 0.138 e. The zero-order chi connectivity index (χ0) is 13.9. The third kappa shape index (κ3) is 3.89. The van der Waals surface area contributed by atoms with Crippen LogP contribution in [0.3, 0.4) is 0 Å². The van der Waals surface area contributed by atoms with Gasteiger partial charge in [0.15, 0.2) is 0 Å². The Balaban J connectivity index is 2.13. The number of nitrogens with zero attached hydrogens (tertiary/aromatic N) is 3. The summed E-state index contributed by atoms with van der Waals surface area (Å²) in [7, 11) is 0. The molecule has 4 heteroatoms. The molecule has 0 aliphatic carbocycles. The highest BCUT2D eigenvalue weighted by molar-refractivity contribution is 5.32. The lowest BCUT2D eigenvalue weighted by atomic mass is 9.87. The Kier molecular flexibility index (Phi) is 4.00. The minimum Gasteiger partial charge on any atom is -0.327 e. The summed E-state index contributed by atoms with van der Waals surface area (Å²) < 4.78 is 2.00. The van der Waals surface area contributed by atoms with Crippen molar-refractivity contribution in [3.05, 3.63) is 42.5 Å². The monoisotopic (exact) mass is 258 g/mol. The van der Waals surface area contributed by atoms with E-state index in [0.29, 0.717) is 0 Å². The number of hydrogen-bond acceptors (Lipinski definition) is 3. The molecule has 0 aliphatic heterocycles. The minimum absolute atomic E-state index is 0.103. The van der Waals surface area contributed by atoms with Gasteiger partial charge in [-0.3, -0.25) is 4.57 Å². The SMILES string of the molecule is CC(C)(C)CC(N)Cc1nncn1-c1ccccc1. The van der Waals surface area contributed by atoms with Gasteiger partial charge in [0.1, 0.15) is 12.2 Å². The Morgan fingerprint density at radius 1 is 1.21 bits per heavy atom. The van der Waals surface area contributed by atoms with Gasteiger partial charge in [0.05, 0.1) is 0 Å². The third-order valence-electron chi connectivity index (χ3n) is 2.97. The first-order valence-electron chi connectivity index (χ1n) is 6.65. The van der Waals surface area contributed by atoms with E-state index < -0.39 is 0 Å². The molecule has 0 fully saturated rings. The van der Waals surface area contributed by atoms with E-state index in [1.165, 1.54) is 0 Å². The standard InChI is InChI=1S/C15H22N4/c1-15(2,3)10-12(16)9-14-18-17-11-19(14)13-7-5-4-6-8-13/h4-8,11-12H,9-10,16H2,1-3H3. The molecule has 0 radical (unpaired) electrons. The number of benzene rings is 1. The van der Waals surface area contributed by atoms with Crippen LogP contribution in [0.4, 0.5) is 0 Å². The van der Waals surface area contributed by atoms with Gasteiger partial charge in [0.2, 0.25) is 0 Å². The molecule has 0 amide bonds. The molecule has 1 unspecified atom stereocenters. The van der Waals surface area contributed by atoms with Crippen molar-refractivity contribution in [1.29, 1.82) is 0 Å². The van der Waals surface area contributed by atoms with Crippen LogP contribution in [-0.4, -0.2) is 20.8 Å². The molecule has 1 aromatic heterocycles. The van der Waals surface area contributed by atoms with Crippen molar-refractivity contribution in [2.75, 3.05) is 0 Å². The molecular formula is C15H22N4. The molecule has 1 aromatic carbocycles. The second kappa shape index (κ2) is 5.53. The first kappa shape index (κ1) is 13.7. The molecule has 102 valence electrons. The molecular weight excluding hydrogens is 236 g/mol. The second-order valence-electron chi connectivity index (χ2n) is 6.18. The largest absolute Gasteiger partial charge is 0.327 e. The van der Waals surface area contributed by atoms with Crippen LogP contribution in [0.2, 0.25) is 0 Å². The summed E-state index contributed by atoms with van der Waals surface area (Å²) in [6, 6.07) is 10.2. The predicted molar refractivity (Wildman–Crippen MR) is 77.1 cm³/mol. The molecule has 1 heterocycles. The van der Waals surface area contributed by atoms with Crippen molar-refractivity contribution in [2.24, 2.45) is 11.1 Å². The topological polar surface area (TPSA) is 56.7 Å². The molecule has 0 aliphatic rings. The van der Waals surface area contributed by atoms with Crippen molar-refractivity contribution in [3.8, 4) is 5.69 Å². The van der Waals surface area contributed by atoms with Gasteiger partial charge >= 0.3 is 0 Å². The van der Waals surface area contributed by atoms with E-state index in [1.807, 2.05) is 34.9 Å². The fourth-order valence-electron chi connectivity index (χ4n) is 2.30. The summed E-state index contributed by atoms with van der Waals surface area (Å²) in [6.07, 6.45) is 3.45. The van der Waals surface area contributed by atoms with Crippen LogP contribution in [-0.2, 0) is 6.42 Å². The van der Waals surface area contributed by atoms with Crippen molar-refractivity contribution in [2.45, 2.75) is 39.7 Å². The molecule has 1 atom stereocenters. The summed E-state index contributed by atoms with van der Waals surface area (Å²) in [5.41, 5.74) is 7.52. The van der Waals surface area contributed by atoms with Crippen LogP contribution in [0.15, 0.2) is 36.7 Å². The number of rotatable bonds is 4. The maximum Gasteiger partial charge on any atom is 0.138 e. The summed E-state index contributed by atoms with van der Waals surface area (Å²) in [5.74, 6) is 0.919. The number of para-hydroxylation sites is 1. The van der Waals surface area contributed by atoms with Crippen LogP contribution >= 0.6 is 0 Å². The molecule has 0 saturated carbocycles. The maximum absolute atomic E-state index is 6.22. The van der Waals surface area contributed by atoms with E-state index in [1.54, 1.807) is 6.33 Å². The average molecular weight is 258 g/mol. The van der Waals surface area contributed by atoms with E-state index in [0.717, 1.165) is 24.4 Å². The van der Waals surface area contributed by atoms with Crippen molar-refractivity contribution in [3.63, 3.8) is 0 Å². The Morgan fingerprint density at radius 2 is 1.89 bits per heavy atom. The summed E-state index contributed by atoms with van der Waals surface area (Å²) >= 11 is 0. The van der Waals surface area contributed by atoms with Crippen LogP contribution in [0.1, 0.15) is 33.0 Å². The normalized spacial score (nSPS) is 13.5. The van der Waals surface area contributed by atoms with Crippen molar-refractivity contribution in [1.82, 2.24) is 14.8 Å². The Bertz CT molecular complexity index is 510. The Hall–Kier alpha value is -1.68. The van der Waals surface area contributed by atoms with Crippen LogP contribution in [0, 0.1) is 5.41 Å². The van der Waals surface area contributed by atoms with E-state index >= 15 is 0 Å². The first-order chi connectivity index (χ1) is 8.96. The minimum atomic E-state index is 0.103. The highest BCUT2D eigenvalue weighted by atomic mass is 15.3. The average Bonchev–Trinajstić information content (AvgIpc) is 2.75. The van der Waals surface area contributed by atoms with Crippen LogP contribution in [0.5, 0.6) is 0 Å². The Morgan fingerprint density at radius 3 is 2.53 bits per heavy atom. The van der Waals surface area contributed by atoms with Crippen molar-refractivity contribution >= 4 is 0 Å². The van der Waals surface area contributed by atoms with Gasteiger partial charge in [-0.15, -0.1) is 10.2 Å². The van der Waals surface area contributed by atoms with Gasteiger partial charge in [0.25, 0.3) is 0 Å². The lowest BCUT2D eigenvalue weighted by Crippen LogP contribution is -2.29. The second-order valence-corrected chi connectivity index (χ2v) is 6.18. The van der Waals surface area contributed by atoms with Gasteiger partial charge in [-0.1, -0.05) is 39.0 Å². The van der Waals surface area contributed by atoms with Gasteiger partial charge < -0.3 is 5.73 Å². The van der Waals surface area contributed by atoms with Crippen LogP contribution < -0.4 is 5.73 Å². The molecule has 2 rings (SSSR count). The zero-order valence-corrected chi connectivity index (χ0v) is 11.9. The summed E-state index contributed by atoms with van der Waals surface area (Å²) in [6.45, 7) is 6.61. The zero-order valence-electron chi connectivity index (χ0n) is 11.9.